The Morgan fingerprint density at radius 3 is 1.93 bits per heavy atom. The molecular weight excluding hydrogens is 607 g/mol. The summed E-state index contributed by atoms with van der Waals surface area (Å²) in [6.45, 7) is 2.20. The molecule has 0 saturated carbocycles. The number of aliphatic carboxylic acids is 2. The monoisotopic (exact) mass is 646 g/mol. The molecule has 244 valence electrons. The smallest absolute Gasteiger partial charge is 0.453 e. The summed E-state index contributed by atoms with van der Waals surface area (Å²) in [5.74, 6) is -7.15. The first-order valence-electron chi connectivity index (χ1n) is 14.7. The summed E-state index contributed by atoms with van der Waals surface area (Å²) in [6, 6.07) is 12.6. The lowest BCUT2D eigenvalue weighted by molar-refractivity contribution is -0.284. The summed E-state index contributed by atoms with van der Waals surface area (Å²) in [6.07, 6.45) is -4.76. The minimum Gasteiger partial charge on any atom is -0.508 e. The number of carboxylic acid groups (broad SMARTS) is 2. The molecule has 2 aromatic rings. The lowest BCUT2D eigenvalue weighted by Crippen LogP contribution is -2.41. The molecule has 0 aliphatic carbocycles. The van der Waals surface area contributed by atoms with Crippen LogP contribution in [0.2, 0.25) is 0 Å². The zero-order valence-electron chi connectivity index (χ0n) is 24.5. The molecule has 0 aromatic heterocycles. The van der Waals surface area contributed by atoms with Gasteiger partial charge in [-0.25, -0.2) is 0 Å². The van der Waals surface area contributed by atoms with E-state index >= 15 is 0 Å². The fourth-order valence-corrected chi connectivity index (χ4v) is 7.49. The maximum atomic E-state index is 13.3. The fourth-order valence-electron chi connectivity index (χ4n) is 6.09. The van der Waals surface area contributed by atoms with Crippen molar-refractivity contribution < 1.29 is 52.0 Å². The van der Waals surface area contributed by atoms with E-state index in [1.165, 1.54) is 0 Å². The first kappa shape index (κ1) is 35.5. The molecule has 1 aliphatic heterocycles. The molecule has 0 amide bonds. The lowest BCUT2D eigenvalue weighted by Gasteiger charge is -2.43. The SMILES string of the molecule is CC1(c2ccc(O)cc2)CSc2cc(O)ccc2C1CCCCCCCCC(CCCC(F)(F)C(F)(F)F)(C(=O)O)C(=O)O. The van der Waals surface area contributed by atoms with E-state index in [9.17, 15) is 52.0 Å². The van der Waals surface area contributed by atoms with E-state index in [0.29, 0.717) is 12.8 Å². The van der Waals surface area contributed by atoms with E-state index in [4.69, 9.17) is 0 Å². The van der Waals surface area contributed by atoms with Gasteiger partial charge in [0.05, 0.1) is 0 Å². The number of aromatic hydroxyl groups is 2. The summed E-state index contributed by atoms with van der Waals surface area (Å²) in [5.41, 5.74) is -0.375. The molecule has 0 bridgehead atoms. The second kappa shape index (κ2) is 14.4. The molecule has 4 N–H and O–H groups in total. The van der Waals surface area contributed by atoms with Crippen LogP contribution in [0.15, 0.2) is 47.4 Å². The number of alkyl halides is 5. The number of fused-ring (bicyclic) bond motifs is 1. The van der Waals surface area contributed by atoms with Crippen LogP contribution in [-0.4, -0.2) is 50.2 Å². The van der Waals surface area contributed by atoms with Gasteiger partial charge in [-0.2, -0.15) is 22.0 Å². The van der Waals surface area contributed by atoms with E-state index in [0.717, 1.165) is 47.5 Å². The van der Waals surface area contributed by atoms with Gasteiger partial charge in [0.15, 0.2) is 5.41 Å². The second-order valence-electron chi connectivity index (χ2n) is 11.9. The first-order chi connectivity index (χ1) is 20.5. The molecule has 2 unspecified atom stereocenters. The van der Waals surface area contributed by atoms with Gasteiger partial charge in [-0.1, -0.05) is 63.6 Å². The maximum absolute atomic E-state index is 13.3. The highest BCUT2D eigenvalue weighted by molar-refractivity contribution is 7.99. The number of benzene rings is 2. The van der Waals surface area contributed by atoms with Crippen LogP contribution >= 0.6 is 11.8 Å². The summed E-state index contributed by atoms with van der Waals surface area (Å²) in [5, 5.41) is 39.0. The molecular formula is C32H39F5O6S. The largest absolute Gasteiger partial charge is 0.508 e. The van der Waals surface area contributed by atoms with Crippen molar-refractivity contribution in [2.45, 2.75) is 106 Å². The minimum atomic E-state index is -5.78. The van der Waals surface area contributed by atoms with Crippen LogP contribution in [0.4, 0.5) is 22.0 Å². The zero-order chi connectivity index (χ0) is 32.8. The van der Waals surface area contributed by atoms with E-state index in [-0.39, 0.29) is 35.7 Å². The normalized spacial score (nSPS) is 19.0. The van der Waals surface area contributed by atoms with Crippen molar-refractivity contribution in [2.24, 2.45) is 5.41 Å². The molecule has 12 heteroatoms. The number of phenols is 2. The number of carbonyl (C=O) groups is 2. The Kier molecular flexibility index (Phi) is 11.6. The van der Waals surface area contributed by atoms with Crippen LogP contribution < -0.4 is 0 Å². The van der Waals surface area contributed by atoms with Crippen LogP contribution in [-0.2, 0) is 15.0 Å². The zero-order valence-corrected chi connectivity index (χ0v) is 25.3. The topological polar surface area (TPSA) is 115 Å². The molecule has 0 saturated heterocycles. The van der Waals surface area contributed by atoms with Crippen LogP contribution in [0.5, 0.6) is 11.5 Å². The fraction of sp³-hybridized carbons (Fsp3) is 0.562. The molecule has 2 aromatic carbocycles. The number of phenolic OH excluding ortho intramolecular Hbond substituents is 2. The summed E-state index contributed by atoms with van der Waals surface area (Å²) >= 11 is 1.69. The van der Waals surface area contributed by atoms with Crippen molar-refractivity contribution in [3.63, 3.8) is 0 Å². The highest BCUT2D eigenvalue weighted by Gasteiger charge is 2.57. The Morgan fingerprint density at radius 1 is 0.795 bits per heavy atom. The predicted molar refractivity (Wildman–Crippen MR) is 157 cm³/mol. The quantitative estimate of drug-likeness (QED) is 0.0818. The van der Waals surface area contributed by atoms with Crippen molar-refractivity contribution in [3.05, 3.63) is 53.6 Å². The van der Waals surface area contributed by atoms with E-state index < -0.39 is 48.7 Å². The Morgan fingerprint density at radius 2 is 1.34 bits per heavy atom. The van der Waals surface area contributed by atoms with Gasteiger partial charge in [-0.15, -0.1) is 11.8 Å². The number of hydrogen-bond donors (Lipinski definition) is 4. The molecule has 0 fully saturated rings. The van der Waals surface area contributed by atoms with Gasteiger partial charge in [0.25, 0.3) is 0 Å². The van der Waals surface area contributed by atoms with Gasteiger partial charge in [0.1, 0.15) is 11.5 Å². The lowest BCUT2D eigenvalue weighted by atomic mass is 9.68. The maximum Gasteiger partial charge on any atom is 0.453 e. The van der Waals surface area contributed by atoms with E-state index in [1.807, 2.05) is 18.2 Å². The van der Waals surface area contributed by atoms with Crippen molar-refractivity contribution in [1.29, 1.82) is 0 Å². The molecule has 0 spiro atoms. The summed E-state index contributed by atoms with van der Waals surface area (Å²) in [4.78, 5) is 24.7. The van der Waals surface area contributed by atoms with Crippen LogP contribution in [0.1, 0.15) is 94.6 Å². The summed E-state index contributed by atoms with van der Waals surface area (Å²) < 4.78 is 63.9. The number of rotatable bonds is 16. The average molecular weight is 647 g/mol. The first-order valence-corrected chi connectivity index (χ1v) is 15.7. The van der Waals surface area contributed by atoms with Gasteiger partial charge >= 0.3 is 24.0 Å². The Balaban J connectivity index is 1.53. The van der Waals surface area contributed by atoms with Crippen LogP contribution in [0, 0.1) is 5.41 Å². The van der Waals surface area contributed by atoms with Crippen LogP contribution in [0.3, 0.4) is 0 Å². The predicted octanol–water partition coefficient (Wildman–Crippen LogP) is 8.89. The van der Waals surface area contributed by atoms with Crippen molar-refractivity contribution in [3.8, 4) is 11.5 Å². The number of unbranched alkanes of at least 4 members (excludes halogenated alkanes) is 5. The van der Waals surface area contributed by atoms with Gasteiger partial charge in [0.2, 0.25) is 0 Å². The average Bonchev–Trinajstić information content (AvgIpc) is 2.93. The van der Waals surface area contributed by atoms with E-state index in [1.54, 1.807) is 36.0 Å². The molecule has 0 radical (unpaired) electrons. The number of thioether (sulfide) groups is 1. The third-order valence-electron chi connectivity index (χ3n) is 8.87. The third kappa shape index (κ3) is 8.17. The van der Waals surface area contributed by atoms with Gasteiger partial charge in [-0.3, -0.25) is 9.59 Å². The summed E-state index contributed by atoms with van der Waals surface area (Å²) in [7, 11) is 0. The minimum absolute atomic E-state index is 0.153. The van der Waals surface area contributed by atoms with Crippen molar-refractivity contribution in [1.82, 2.24) is 0 Å². The van der Waals surface area contributed by atoms with Gasteiger partial charge in [0, 0.05) is 22.5 Å². The Bertz CT molecular complexity index is 1270. The Labute approximate surface area is 257 Å². The van der Waals surface area contributed by atoms with Gasteiger partial charge in [-0.05, 0) is 67.0 Å². The van der Waals surface area contributed by atoms with Gasteiger partial charge < -0.3 is 20.4 Å². The third-order valence-corrected chi connectivity index (χ3v) is 10.3. The second-order valence-corrected chi connectivity index (χ2v) is 13.0. The molecule has 3 rings (SSSR count). The van der Waals surface area contributed by atoms with E-state index in [2.05, 4.69) is 6.92 Å². The molecule has 1 heterocycles. The number of halogens is 5. The molecule has 6 nitrogen and oxygen atoms in total. The highest BCUT2D eigenvalue weighted by Crippen LogP contribution is 2.52. The van der Waals surface area contributed by atoms with Crippen LogP contribution in [0.25, 0.3) is 0 Å². The number of hydrogen-bond acceptors (Lipinski definition) is 5. The molecule has 44 heavy (non-hydrogen) atoms. The number of carboxylic acids is 2. The highest BCUT2D eigenvalue weighted by atomic mass is 32.2. The van der Waals surface area contributed by atoms with Crippen molar-refractivity contribution >= 4 is 23.7 Å². The Hall–Kier alpha value is -3.02. The van der Waals surface area contributed by atoms with Crippen molar-refractivity contribution in [2.75, 3.05) is 5.75 Å². The molecule has 1 aliphatic rings. The standard InChI is InChI=1S/C32H39F5O6S/c1-29(21-10-12-22(38)13-11-21)20-44-26-19-23(39)14-15-24(26)25(29)9-6-4-2-3-5-7-16-30(27(40)41,28(42)43)17-8-18-31(33,34)32(35,36)37/h10-15,19,25,38-39H,2-9,16-18,20H2,1H3,(H,40,41)(H,42,43). The molecule has 2 atom stereocenters.